The zero-order valence-electron chi connectivity index (χ0n) is 57.5. The summed E-state index contributed by atoms with van der Waals surface area (Å²) in [6.07, 6.45) is 95.7. The minimum atomic E-state index is -4.61. The Hall–Kier alpha value is -2.32. The summed E-state index contributed by atoms with van der Waals surface area (Å²) in [7, 11) is 1.27. The number of phosphoric ester groups is 1. The molecule has 9 heteroatoms. The van der Waals surface area contributed by atoms with Gasteiger partial charge in [-0.05, 0) is 70.6 Å². The topological polar surface area (TPSA) is 108 Å². The van der Waals surface area contributed by atoms with Gasteiger partial charge in [0.05, 0.1) is 39.9 Å². The highest BCUT2D eigenvalue weighted by Gasteiger charge is 2.23. The number of hydrogen-bond donors (Lipinski definition) is 2. The molecule has 0 bridgehead atoms. The number of aliphatic hydroxyl groups excluding tert-OH is 1. The maximum Gasteiger partial charge on any atom is 0.268 e. The maximum atomic E-state index is 13.1. The quantitative estimate of drug-likeness (QED) is 0.0272. The Morgan fingerprint density at radius 3 is 1.03 bits per heavy atom. The number of likely N-dealkylation sites (N-methyl/N-ethyl adjacent to an activating group) is 1. The molecule has 0 rings (SSSR count). The van der Waals surface area contributed by atoms with Crippen molar-refractivity contribution in [3.8, 4) is 0 Å². The number of unbranched alkanes of at least 4 members (excludes halogenated alkanes) is 43. The van der Waals surface area contributed by atoms with Crippen LogP contribution in [0.4, 0.5) is 0 Å². The molecule has 86 heavy (non-hydrogen) atoms. The van der Waals surface area contributed by atoms with Crippen LogP contribution in [-0.4, -0.2) is 68.5 Å². The summed E-state index contributed by atoms with van der Waals surface area (Å²) in [5.41, 5.74) is 0. The zero-order chi connectivity index (χ0) is 62.6. The first-order chi connectivity index (χ1) is 42.0. The Balaban J connectivity index is 4.02. The van der Waals surface area contributed by atoms with Gasteiger partial charge >= 0.3 is 0 Å². The SMILES string of the molecule is CC/C=C\C/C=C\C/C=C\C/C=C\C/C=C\C/C=C\CCCCCCCCCCCCCCCCCCCCC(=O)NC(COP(=O)([O-])OCC[N+](C)(C)C)C(O)/C=C/CCCCCCCCCCCCCCCCCCCCCCCCCCC. The van der Waals surface area contributed by atoms with E-state index in [2.05, 4.69) is 92.1 Å². The van der Waals surface area contributed by atoms with E-state index in [0.29, 0.717) is 17.4 Å². The summed E-state index contributed by atoms with van der Waals surface area (Å²) >= 11 is 0. The molecule has 0 aromatic heterocycles. The Bertz CT molecular complexity index is 1680. The van der Waals surface area contributed by atoms with E-state index in [4.69, 9.17) is 9.05 Å². The fourth-order valence-corrected chi connectivity index (χ4v) is 11.6. The van der Waals surface area contributed by atoms with Crippen molar-refractivity contribution >= 4 is 13.7 Å². The molecule has 0 saturated heterocycles. The van der Waals surface area contributed by atoms with E-state index in [-0.39, 0.29) is 19.1 Å². The van der Waals surface area contributed by atoms with Gasteiger partial charge in [0.1, 0.15) is 13.2 Å². The van der Waals surface area contributed by atoms with Crippen LogP contribution in [0.1, 0.15) is 348 Å². The predicted molar refractivity (Wildman–Crippen MR) is 376 cm³/mol. The van der Waals surface area contributed by atoms with E-state index in [0.717, 1.165) is 77.0 Å². The highest BCUT2D eigenvalue weighted by atomic mass is 31.2. The van der Waals surface area contributed by atoms with Crippen LogP contribution in [-0.2, 0) is 18.4 Å². The first kappa shape index (κ1) is 83.7. The van der Waals surface area contributed by atoms with E-state index in [1.165, 1.54) is 250 Å². The van der Waals surface area contributed by atoms with Crippen molar-refractivity contribution in [1.29, 1.82) is 0 Å². The molecule has 0 fully saturated rings. The lowest BCUT2D eigenvalue weighted by Crippen LogP contribution is -2.45. The number of amides is 1. The van der Waals surface area contributed by atoms with Crippen LogP contribution in [0.25, 0.3) is 0 Å². The number of hydrogen-bond acceptors (Lipinski definition) is 6. The van der Waals surface area contributed by atoms with E-state index in [1.807, 2.05) is 27.2 Å². The fourth-order valence-electron chi connectivity index (χ4n) is 10.9. The average molecular weight is 1220 g/mol. The molecule has 3 unspecified atom stereocenters. The third kappa shape index (κ3) is 69.2. The molecule has 1 amide bonds. The lowest BCUT2D eigenvalue weighted by molar-refractivity contribution is -0.870. The van der Waals surface area contributed by atoms with Crippen molar-refractivity contribution in [3.63, 3.8) is 0 Å². The summed E-state index contributed by atoms with van der Waals surface area (Å²) in [5, 5.41) is 14.0. The van der Waals surface area contributed by atoms with Gasteiger partial charge in [0.2, 0.25) is 5.91 Å². The highest BCUT2D eigenvalue weighted by molar-refractivity contribution is 7.45. The van der Waals surface area contributed by atoms with Gasteiger partial charge in [0.25, 0.3) is 7.82 Å². The van der Waals surface area contributed by atoms with Crippen molar-refractivity contribution in [2.45, 2.75) is 360 Å². The third-order valence-electron chi connectivity index (χ3n) is 16.6. The van der Waals surface area contributed by atoms with Gasteiger partial charge in [0.15, 0.2) is 0 Å². The molecule has 0 saturated carbocycles. The van der Waals surface area contributed by atoms with E-state index in [1.54, 1.807) is 6.08 Å². The molecule has 0 radical (unpaired) electrons. The number of quaternary nitrogens is 1. The van der Waals surface area contributed by atoms with Crippen LogP contribution < -0.4 is 10.2 Å². The molecule has 0 heterocycles. The number of nitrogens with one attached hydrogen (secondary N) is 1. The van der Waals surface area contributed by atoms with Crippen LogP contribution in [0.2, 0.25) is 0 Å². The first-order valence-electron chi connectivity index (χ1n) is 36.9. The number of phosphoric acid groups is 1. The Morgan fingerprint density at radius 2 is 0.709 bits per heavy atom. The largest absolute Gasteiger partial charge is 0.756 e. The number of carbonyl (C=O) groups is 1. The molecule has 0 aliphatic rings. The molecular formula is C77H143N2O6P. The van der Waals surface area contributed by atoms with Gasteiger partial charge in [-0.3, -0.25) is 9.36 Å². The van der Waals surface area contributed by atoms with Crippen LogP contribution in [0.15, 0.2) is 85.1 Å². The van der Waals surface area contributed by atoms with Gasteiger partial charge in [0, 0.05) is 6.42 Å². The molecule has 0 aliphatic heterocycles. The normalized spacial score (nSPS) is 14.1. The van der Waals surface area contributed by atoms with Crippen molar-refractivity contribution in [1.82, 2.24) is 5.32 Å². The van der Waals surface area contributed by atoms with Crippen LogP contribution in [0.5, 0.6) is 0 Å². The Kier molecular flexibility index (Phi) is 65.3. The van der Waals surface area contributed by atoms with Crippen molar-refractivity contribution in [3.05, 3.63) is 85.1 Å². The van der Waals surface area contributed by atoms with Gasteiger partial charge in [-0.2, -0.15) is 0 Å². The number of nitrogens with zero attached hydrogens (tertiary/aromatic N) is 1. The second kappa shape index (κ2) is 67.1. The van der Waals surface area contributed by atoms with Gasteiger partial charge < -0.3 is 28.8 Å². The highest BCUT2D eigenvalue weighted by Crippen LogP contribution is 2.38. The number of rotatable bonds is 68. The molecule has 502 valence electrons. The van der Waals surface area contributed by atoms with E-state index in [9.17, 15) is 19.4 Å². The summed E-state index contributed by atoms with van der Waals surface area (Å²) in [6.45, 7) is 4.58. The number of carbonyl (C=O) groups excluding carboxylic acids is 1. The summed E-state index contributed by atoms with van der Waals surface area (Å²) in [5.74, 6) is -0.193. The monoisotopic (exact) mass is 1220 g/mol. The minimum absolute atomic E-state index is 0.00153. The van der Waals surface area contributed by atoms with E-state index < -0.39 is 20.0 Å². The van der Waals surface area contributed by atoms with Crippen LogP contribution in [0, 0.1) is 0 Å². The molecule has 0 aromatic carbocycles. The predicted octanol–water partition coefficient (Wildman–Crippen LogP) is 23.3. The smallest absolute Gasteiger partial charge is 0.268 e. The molecule has 0 aromatic rings. The summed E-state index contributed by atoms with van der Waals surface area (Å²) in [4.78, 5) is 25.7. The summed E-state index contributed by atoms with van der Waals surface area (Å²) < 4.78 is 23.5. The number of allylic oxidation sites excluding steroid dienone is 13. The first-order valence-corrected chi connectivity index (χ1v) is 38.4. The lowest BCUT2D eigenvalue weighted by atomic mass is 10.0. The minimum Gasteiger partial charge on any atom is -0.756 e. The zero-order valence-corrected chi connectivity index (χ0v) is 58.4. The van der Waals surface area contributed by atoms with Crippen LogP contribution in [0.3, 0.4) is 0 Å². The van der Waals surface area contributed by atoms with Crippen molar-refractivity contribution in [2.75, 3.05) is 40.9 Å². The van der Waals surface area contributed by atoms with Crippen LogP contribution >= 0.6 is 7.82 Å². The molecular weight excluding hydrogens is 1080 g/mol. The Morgan fingerprint density at radius 1 is 0.419 bits per heavy atom. The maximum absolute atomic E-state index is 13.1. The average Bonchev–Trinajstić information content (AvgIpc) is 3.70. The Labute approximate surface area is 535 Å². The molecule has 2 N–H and O–H groups in total. The summed E-state index contributed by atoms with van der Waals surface area (Å²) in [6, 6.07) is -0.891. The second-order valence-corrected chi connectivity index (χ2v) is 27.7. The van der Waals surface area contributed by atoms with Crippen molar-refractivity contribution in [2.24, 2.45) is 0 Å². The van der Waals surface area contributed by atoms with E-state index >= 15 is 0 Å². The molecule has 0 aliphatic carbocycles. The molecule has 8 nitrogen and oxygen atoms in total. The second-order valence-electron chi connectivity index (χ2n) is 26.3. The molecule has 0 spiro atoms. The van der Waals surface area contributed by atoms with Gasteiger partial charge in [-0.15, -0.1) is 0 Å². The number of aliphatic hydroxyl groups is 1. The van der Waals surface area contributed by atoms with Gasteiger partial charge in [-0.25, -0.2) is 0 Å². The van der Waals surface area contributed by atoms with Gasteiger partial charge in [-0.1, -0.05) is 356 Å². The van der Waals surface area contributed by atoms with Crippen molar-refractivity contribution < 1.29 is 32.9 Å². The fraction of sp³-hybridized carbons (Fsp3) is 0.805. The third-order valence-corrected chi connectivity index (χ3v) is 17.6. The molecule has 3 atom stereocenters. The lowest BCUT2D eigenvalue weighted by Gasteiger charge is -2.29. The standard InChI is InChI=1S/C77H143N2O6P/c1-6-8-10-12-14-16-18-20-22-24-26-28-30-32-34-35-36-37-38-39-40-41-42-43-45-47-49-51-53-55-57-59-61-63-65-67-69-71-77(81)78-75(74-85-86(82,83)84-73-72-79(3,4)5)76(80)70-68-66-64-62-60-58-56-54-52-50-48-46-44-33-31-29-27-25-23-21-19-17-15-13-11-9-7-2/h8,10,14,16,20,22,26,28,32,34,36-37,68,70,75-76,80H,6-7,9,11-13,15,17-19,21,23-25,27,29-31,33,35,38-67,69,71-74H2,1-5H3,(H-,78,81,82,83)/b10-8-,16-14-,22-20-,28-26-,34-32-,37-36-,70-68+.